The van der Waals surface area contributed by atoms with E-state index in [2.05, 4.69) is 54.6 Å². The summed E-state index contributed by atoms with van der Waals surface area (Å²) in [4.78, 5) is 17.3. The number of allylic oxidation sites excluding steroid dienone is 4. The highest BCUT2D eigenvalue weighted by molar-refractivity contribution is 7.80. The predicted octanol–water partition coefficient (Wildman–Crippen LogP) is 12.5. The summed E-state index contributed by atoms with van der Waals surface area (Å²) in [5, 5.41) is 3.21. The fourth-order valence-electron chi connectivity index (χ4n) is 6.71. The van der Waals surface area contributed by atoms with Crippen LogP contribution in [0.4, 0.5) is 0 Å². The number of carbonyl (C=O) groups is 1. The molecule has 1 rings (SSSR count). The number of unbranched alkanes of at least 4 members (excludes halogenated alkanes) is 22. The van der Waals surface area contributed by atoms with Gasteiger partial charge in [-0.1, -0.05) is 148 Å². The van der Waals surface area contributed by atoms with Crippen molar-refractivity contribution in [2.45, 2.75) is 213 Å². The summed E-state index contributed by atoms with van der Waals surface area (Å²) in [5.74, 6) is 0.234. The largest absolute Gasteiger partial charge is 0.726 e. The quantitative estimate of drug-likeness (QED) is 0.0306. The Morgan fingerprint density at radius 3 is 1.53 bits per heavy atom. The fraction of sp³-hybridized carbons (Fsp3) is 0.860. The van der Waals surface area contributed by atoms with Gasteiger partial charge < -0.3 is 9.87 Å². The van der Waals surface area contributed by atoms with Crippen LogP contribution in [0.25, 0.3) is 0 Å². The minimum Gasteiger partial charge on any atom is -0.726 e. The Labute approximate surface area is 316 Å². The van der Waals surface area contributed by atoms with Gasteiger partial charge in [0.2, 0.25) is 16.3 Å². The van der Waals surface area contributed by atoms with Crippen LogP contribution in [0.1, 0.15) is 213 Å². The maximum atomic E-state index is 12.4. The van der Waals surface area contributed by atoms with Gasteiger partial charge in [-0.15, -0.1) is 0 Å². The summed E-state index contributed by atoms with van der Waals surface area (Å²) >= 11 is 0. The van der Waals surface area contributed by atoms with Crippen LogP contribution in [-0.2, 0) is 19.4 Å². The van der Waals surface area contributed by atoms with Crippen LogP contribution >= 0.6 is 0 Å². The number of carbonyl (C=O) groups excluding carboxylic acids is 1. The van der Waals surface area contributed by atoms with Crippen molar-refractivity contribution in [2.24, 2.45) is 10.4 Å². The lowest BCUT2D eigenvalue weighted by Gasteiger charge is -2.26. The number of rotatable bonds is 34. The van der Waals surface area contributed by atoms with Crippen LogP contribution in [0.15, 0.2) is 29.3 Å². The number of aliphatic imine (C=N–C) groups is 1. The van der Waals surface area contributed by atoms with E-state index in [9.17, 15) is 17.8 Å². The molecule has 0 saturated carbocycles. The van der Waals surface area contributed by atoms with E-state index in [0.717, 1.165) is 58.7 Å². The van der Waals surface area contributed by atoms with Gasteiger partial charge in [-0.05, 0) is 83.5 Å². The summed E-state index contributed by atoms with van der Waals surface area (Å²) in [6, 6.07) is 0. The molecule has 0 spiro atoms. The molecule has 0 aromatic carbocycles. The van der Waals surface area contributed by atoms with Crippen molar-refractivity contribution in [1.82, 2.24) is 5.32 Å². The minimum atomic E-state index is -4.41. The summed E-state index contributed by atoms with van der Waals surface area (Å²) in [5.41, 5.74) is 1.61. The van der Waals surface area contributed by atoms with Crippen LogP contribution in [0, 0.1) is 5.41 Å². The first-order chi connectivity index (χ1) is 24.7. The lowest BCUT2D eigenvalue weighted by Crippen LogP contribution is -2.32. The van der Waals surface area contributed by atoms with Gasteiger partial charge in [-0.2, -0.15) is 0 Å². The molecule has 1 unspecified atom stereocenters. The first-order valence-electron chi connectivity index (χ1n) is 21.3. The molecular formula is C43H81N2O5S-. The Bertz CT molecular complexity index is 994. The molecule has 1 atom stereocenters. The van der Waals surface area contributed by atoms with E-state index >= 15 is 0 Å². The normalized spacial score (nSPS) is 16.1. The second-order valence-electron chi connectivity index (χ2n) is 15.0. The monoisotopic (exact) mass is 738 g/mol. The fourth-order valence-corrected chi connectivity index (χ4v) is 6.71. The van der Waals surface area contributed by atoms with Crippen LogP contribution in [0.2, 0.25) is 0 Å². The zero-order chi connectivity index (χ0) is 37.7. The minimum absolute atomic E-state index is 0.191. The Hall–Kier alpha value is -1.51. The highest BCUT2D eigenvalue weighted by Crippen LogP contribution is 2.35. The average molecular weight is 738 g/mol. The highest BCUT2D eigenvalue weighted by Gasteiger charge is 2.33. The molecule has 0 aromatic rings. The number of amides is 1. The molecule has 1 aliphatic heterocycles. The topological polar surface area (TPSA) is 108 Å². The van der Waals surface area contributed by atoms with Gasteiger partial charge in [0.25, 0.3) is 0 Å². The van der Waals surface area contributed by atoms with E-state index in [1.807, 2.05) is 0 Å². The van der Waals surface area contributed by atoms with Gasteiger partial charge in [0.05, 0.1) is 7.11 Å². The van der Waals surface area contributed by atoms with Crippen molar-refractivity contribution in [1.29, 1.82) is 0 Å². The standard InChI is InChI=1S/C42H78N2O.CH4O4S/c1-4-6-8-10-12-14-16-18-20-22-24-26-28-30-32-34-40-42(3,36-38-43-40)37-39-44-41(45)35-33-31-29-27-25-23-21-19-17-15-13-11-9-7-5-2;1-5-6(2,3)4/h16,18,23,25H,4-15,17,19-22,24,26-39H2,1-3H3,(H,44,45);1H3,(H,2,3,4)/p-1/b18-16+,25-23+;. The molecule has 0 saturated heterocycles. The summed E-state index contributed by atoms with van der Waals surface area (Å²) < 4.78 is 31.0. The van der Waals surface area contributed by atoms with Crippen LogP contribution in [0.5, 0.6) is 0 Å². The Morgan fingerprint density at radius 2 is 1.10 bits per heavy atom. The number of hydrogen-bond donors (Lipinski definition) is 1. The van der Waals surface area contributed by atoms with E-state index < -0.39 is 10.4 Å². The predicted molar refractivity (Wildman–Crippen MR) is 218 cm³/mol. The summed E-state index contributed by atoms with van der Waals surface area (Å²) in [6.45, 7) is 8.72. The average Bonchev–Trinajstić information content (AvgIpc) is 3.47. The molecule has 1 heterocycles. The third-order valence-electron chi connectivity index (χ3n) is 10.2. The van der Waals surface area contributed by atoms with Crippen molar-refractivity contribution < 1.29 is 21.9 Å². The van der Waals surface area contributed by atoms with Gasteiger partial charge in [-0.3, -0.25) is 14.0 Å². The third kappa shape index (κ3) is 34.0. The van der Waals surface area contributed by atoms with E-state index in [1.165, 1.54) is 153 Å². The first-order valence-corrected chi connectivity index (χ1v) is 22.6. The van der Waals surface area contributed by atoms with Gasteiger partial charge in [-0.25, -0.2) is 8.42 Å². The second kappa shape index (κ2) is 35.5. The maximum Gasteiger partial charge on any atom is 0.219 e. The van der Waals surface area contributed by atoms with Gasteiger partial charge >= 0.3 is 0 Å². The molecule has 0 aromatic heterocycles. The highest BCUT2D eigenvalue weighted by atomic mass is 32.3. The lowest BCUT2D eigenvalue weighted by molar-refractivity contribution is -0.121. The molecule has 0 aliphatic carbocycles. The van der Waals surface area contributed by atoms with Crippen LogP contribution < -0.4 is 5.32 Å². The van der Waals surface area contributed by atoms with E-state index in [-0.39, 0.29) is 11.3 Å². The molecular weight excluding hydrogens is 657 g/mol. The smallest absolute Gasteiger partial charge is 0.219 e. The second-order valence-corrected chi connectivity index (χ2v) is 16.1. The Balaban J connectivity index is 0.00000381. The molecule has 1 amide bonds. The van der Waals surface area contributed by atoms with E-state index in [4.69, 9.17) is 4.99 Å². The van der Waals surface area contributed by atoms with Crippen LogP contribution in [-0.4, -0.2) is 44.8 Å². The Morgan fingerprint density at radius 1 is 0.706 bits per heavy atom. The molecule has 1 N–H and O–H groups in total. The molecule has 1 aliphatic rings. The zero-order valence-electron chi connectivity index (χ0n) is 33.8. The molecule has 0 fully saturated rings. The molecule has 8 heteroatoms. The van der Waals surface area contributed by atoms with E-state index in [0.29, 0.717) is 6.42 Å². The first kappa shape index (κ1) is 49.5. The third-order valence-corrected chi connectivity index (χ3v) is 10.6. The number of nitrogens with zero attached hydrogens (tertiary/aromatic N) is 1. The maximum absolute atomic E-state index is 12.4. The summed E-state index contributed by atoms with van der Waals surface area (Å²) in [7, 11) is -3.60. The van der Waals surface area contributed by atoms with Crippen LogP contribution in [0.3, 0.4) is 0 Å². The SMILES string of the molecule is CCCCCCC/C=C/CCCCCCCCC1=NCCC1(C)CCNC(=O)CCCCC/C=C/CCCCCCCCCC.COS(=O)(=O)[O-]. The van der Waals surface area contributed by atoms with Gasteiger partial charge in [0, 0.05) is 30.6 Å². The van der Waals surface area contributed by atoms with Crippen molar-refractivity contribution in [3.8, 4) is 0 Å². The molecule has 51 heavy (non-hydrogen) atoms. The lowest BCUT2D eigenvalue weighted by atomic mass is 9.78. The van der Waals surface area contributed by atoms with Gasteiger partial charge in [0.1, 0.15) is 0 Å². The molecule has 0 radical (unpaired) electrons. The summed E-state index contributed by atoms with van der Waals surface area (Å²) in [6.07, 6.45) is 48.0. The van der Waals surface area contributed by atoms with Crippen molar-refractivity contribution in [3.63, 3.8) is 0 Å². The van der Waals surface area contributed by atoms with Crippen molar-refractivity contribution in [2.75, 3.05) is 20.2 Å². The zero-order valence-corrected chi connectivity index (χ0v) is 34.7. The van der Waals surface area contributed by atoms with Gasteiger partial charge in [0.15, 0.2) is 0 Å². The van der Waals surface area contributed by atoms with Crippen molar-refractivity contribution >= 4 is 22.0 Å². The Kier molecular flexibility index (Phi) is 34.5. The number of hydrogen-bond acceptors (Lipinski definition) is 6. The molecule has 7 nitrogen and oxygen atoms in total. The molecule has 300 valence electrons. The molecule has 0 bridgehead atoms. The number of nitrogens with one attached hydrogen (secondary N) is 1. The van der Waals surface area contributed by atoms with Crippen molar-refractivity contribution in [3.05, 3.63) is 24.3 Å². The van der Waals surface area contributed by atoms with E-state index in [1.54, 1.807) is 0 Å².